The van der Waals surface area contributed by atoms with Crippen molar-refractivity contribution in [2.45, 2.75) is 39.8 Å². The largest absolute Gasteiger partial charge is 0.464 e. The Morgan fingerprint density at radius 3 is 2.79 bits per heavy atom. The third-order valence-electron chi connectivity index (χ3n) is 3.04. The number of aryl methyl sites for hydroxylation is 1. The average Bonchev–Trinajstić information content (AvgIpc) is 2.74. The van der Waals surface area contributed by atoms with E-state index in [9.17, 15) is 4.79 Å². The summed E-state index contributed by atoms with van der Waals surface area (Å²) >= 11 is 0. The molecule has 1 aromatic heterocycles. The van der Waals surface area contributed by atoms with Crippen molar-refractivity contribution in [3.05, 3.63) is 23.2 Å². The van der Waals surface area contributed by atoms with Gasteiger partial charge in [-0.25, -0.2) is 5.84 Å². The molecule has 0 saturated heterocycles. The smallest absolute Gasteiger partial charge is 0.268 e. The van der Waals surface area contributed by atoms with Crippen LogP contribution in [-0.2, 0) is 6.54 Å². The van der Waals surface area contributed by atoms with Gasteiger partial charge in [0.1, 0.15) is 11.5 Å². The van der Waals surface area contributed by atoms with E-state index in [2.05, 4.69) is 24.2 Å². The zero-order valence-corrected chi connectivity index (χ0v) is 11.8. The van der Waals surface area contributed by atoms with Crippen LogP contribution >= 0.6 is 0 Å². The van der Waals surface area contributed by atoms with Crippen molar-refractivity contribution in [2.75, 3.05) is 13.2 Å². The highest BCUT2D eigenvalue weighted by atomic mass is 16.3. The van der Waals surface area contributed by atoms with Gasteiger partial charge in [-0.1, -0.05) is 0 Å². The number of amides is 1. The Kier molecular flexibility index (Phi) is 6.01. The van der Waals surface area contributed by atoms with Crippen LogP contribution in [0.3, 0.4) is 0 Å². The first-order valence-electron chi connectivity index (χ1n) is 6.44. The van der Waals surface area contributed by atoms with E-state index < -0.39 is 0 Å². The van der Waals surface area contributed by atoms with E-state index in [4.69, 9.17) is 15.4 Å². The molecule has 1 aromatic rings. The average molecular weight is 269 g/mol. The summed E-state index contributed by atoms with van der Waals surface area (Å²) in [6, 6.07) is 2.05. The number of nitrogens with zero attached hydrogens (tertiary/aromatic N) is 1. The summed E-state index contributed by atoms with van der Waals surface area (Å²) in [6.07, 6.45) is 0.716. The molecule has 4 N–H and O–H groups in total. The molecule has 0 aliphatic heterocycles. The molecule has 6 heteroatoms. The molecule has 1 amide bonds. The van der Waals surface area contributed by atoms with E-state index in [1.807, 2.05) is 0 Å². The van der Waals surface area contributed by atoms with Gasteiger partial charge in [0.15, 0.2) is 0 Å². The minimum atomic E-state index is -0.348. The molecule has 1 heterocycles. The molecule has 0 unspecified atom stereocenters. The van der Waals surface area contributed by atoms with Gasteiger partial charge in [0.2, 0.25) is 0 Å². The fourth-order valence-corrected chi connectivity index (χ4v) is 1.92. The fraction of sp³-hybridized carbons (Fsp3) is 0.615. The van der Waals surface area contributed by atoms with Crippen LogP contribution in [0.1, 0.15) is 42.1 Å². The predicted octanol–water partition coefficient (Wildman–Crippen LogP) is 0.784. The third kappa shape index (κ3) is 4.34. The first-order chi connectivity index (χ1) is 8.99. The molecular formula is C13H23N3O3. The Hall–Kier alpha value is -1.37. The van der Waals surface area contributed by atoms with Crippen molar-refractivity contribution in [3.63, 3.8) is 0 Å². The van der Waals surface area contributed by atoms with Gasteiger partial charge < -0.3 is 9.52 Å². The number of nitrogens with one attached hydrogen (secondary N) is 1. The lowest BCUT2D eigenvalue weighted by atomic mass is 10.2. The van der Waals surface area contributed by atoms with Crippen LogP contribution in [-0.4, -0.2) is 35.1 Å². The van der Waals surface area contributed by atoms with Crippen LogP contribution in [0, 0.1) is 6.92 Å². The van der Waals surface area contributed by atoms with Crippen LogP contribution in [0.5, 0.6) is 0 Å². The molecule has 1 rings (SSSR count). The van der Waals surface area contributed by atoms with Gasteiger partial charge >= 0.3 is 0 Å². The Labute approximate surface area is 113 Å². The summed E-state index contributed by atoms with van der Waals surface area (Å²) in [5, 5.41) is 8.90. The number of hydrogen-bond acceptors (Lipinski definition) is 5. The number of nitrogen functional groups attached to an aromatic ring is 1. The van der Waals surface area contributed by atoms with Gasteiger partial charge in [0.05, 0.1) is 12.1 Å². The summed E-state index contributed by atoms with van der Waals surface area (Å²) in [4.78, 5) is 13.7. The molecule has 0 aliphatic carbocycles. The lowest BCUT2D eigenvalue weighted by Gasteiger charge is -2.24. The summed E-state index contributed by atoms with van der Waals surface area (Å²) in [5.74, 6) is 6.05. The standard InChI is InChI=1S/C13H23N3O3/c1-9(2)16(5-4-6-17)8-11-7-12(10(3)19-11)13(18)15-14/h7,9,17H,4-6,8,14H2,1-3H3,(H,15,18). The fourth-order valence-electron chi connectivity index (χ4n) is 1.92. The Bertz CT molecular complexity index is 415. The maximum Gasteiger partial charge on any atom is 0.268 e. The number of rotatable bonds is 7. The molecule has 0 aliphatic rings. The number of furan rings is 1. The SMILES string of the molecule is Cc1oc(CN(CCCO)C(C)C)cc1C(=O)NN. The van der Waals surface area contributed by atoms with Crippen LogP contribution < -0.4 is 11.3 Å². The quantitative estimate of drug-likeness (QED) is 0.386. The first-order valence-corrected chi connectivity index (χ1v) is 6.44. The number of aliphatic hydroxyl groups is 1. The molecule has 0 aromatic carbocycles. The summed E-state index contributed by atoms with van der Waals surface area (Å²) < 4.78 is 5.58. The van der Waals surface area contributed by atoms with Crippen molar-refractivity contribution < 1.29 is 14.3 Å². The molecule has 0 bridgehead atoms. The third-order valence-corrected chi connectivity index (χ3v) is 3.04. The van der Waals surface area contributed by atoms with E-state index in [1.165, 1.54) is 0 Å². The number of hydrogen-bond donors (Lipinski definition) is 3. The van der Waals surface area contributed by atoms with Gasteiger partial charge in [-0.3, -0.25) is 15.1 Å². The predicted molar refractivity (Wildman–Crippen MR) is 72.3 cm³/mol. The van der Waals surface area contributed by atoms with E-state index in [0.717, 1.165) is 12.3 Å². The van der Waals surface area contributed by atoms with E-state index in [1.54, 1.807) is 13.0 Å². The Morgan fingerprint density at radius 2 is 2.26 bits per heavy atom. The Balaban J connectivity index is 2.77. The summed E-state index contributed by atoms with van der Waals surface area (Å²) in [7, 11) is 0. The lowest BCUT2D eigenvalue weighted by molar-refractivity contribution is 0.0952. The molecule has 108 valence electrons. The maximum absolute atomic E-state index is 11.5. The normalized spacial score (nSPS) is 11.3. The summed E-state index contributed by atoms with van der Waals surface area (Å²) in [5.41, 5.74) is 2.56. The van der Waals surface area contributed by atoms with Gasteiger partial charge in [-0.15, -0.1) is 0 Å². The van der Waals surface area contributed by atoms with E-state index >= 15 is 0 Å². The van der Waals surface area contributed by atoms with Crippen molar-refractivity contribution in [3.8, 4) is 0 Å². The highest BCUT2D eigenvalue weighted by molar-refractivity contribution is 5.94. The zero-order chi connectivity index (χ0) is 14.4. The van der Waals surface area contributed by atoms with Crippen LogP contribution in [0.4, 0.5) is 0 Å². The molecule has 0 atom stereocenters. The van der Waals surface area contributed by atoms with Crippen LogP contribution in [0.2, 0.25) is 0 Å². The highest BCUT2D eigenvalue weighted by Gasteiger charge is 2.17. The minimum absolute atomic E-state index is 0.168. The maximum atomic E-state index is 11.5. The van der Waals surface area contributed by atoms with Crippen molar-refractivity contribution >= 4 is 5.91 Å². The van der Waals surface area contributed by atoms with Crippen molar-refractivity contribution in [2.24, 2.45) is 5.84 Å². The van der Waals surface area contributed by atoms with Gasteiger partial charge in [-0.2, -0.15) is 0 Å². The van der Waals surface area contributed by atoms with Crippen LogP contribution in [0.15, 0.2) is 10.5 Å². The summed E-state index contributed by atoms with van der Waals surface area (Å²) in [6.45, 7) is 7.47. The van der Waals surface area contributed by atoms with E-state index in [-0.39, 0.29) is 12.5 Å². The molecule has 19 heavy (non-hydrogen) atoms. The molecule has 0 spiro atoms. The van der Waals surface area contributed by atoms with Gasteiger partial charge in [-0.05, 0) is 33.3 Å². The molecule has 6 nitrogen and oxygen atoms in total. The number of nitrogens with two attached hydrogens (primary N) is 1. The Morgan fingerprint density at radius 1 is 1.58 bits per heavy atom. The topological polar surface area (TPSA) is 91.7 Å². The van der Waals surface area contributed by atoms with Crippen molar-refractivity contribution in [1.29, 1.82) is 0 Å². The monoisotopic (exact) mass is 269 g/mol. The van der Waals surface area contributed by atoms with Gasteiger partial charge in [0, 0.05) is 19.2 Å². The zero-order valence-electron chi connectivity index (χ0n) is 11.8. The minimum Gasteiger partial charge on any atom is -0.464 e. The highest BCUT2D eigenvalue weighted by Crippen LogP contribution is 2.17. The van der Waals surface area contributed by atoms with Crippen molar-refractivity contribution in [1.82, 2.24) is 10.3 Å². The van der Waals surface area contributed by atoms with Gasteiger partial charge in [0.25, 0.3) is 5.91 Å². The number of hydrazine groups is 1. The number of carbonyl (C=O) groups excluding carboxylic acids is 1. The second-order valence-corrected chi connectivity index (χ2v) is 4.80. The molecular weight excluding hydrogens is 246 g/mol. The molecule has 0 saturated carbocycles. The van der Waals surface area contributed by atoms with E-state index in [0.29, 0.717) is 30.3 Å². The second kappa shape index (κ2) is 7.28. The number of carbonyl (C=O) groups is 1. The molecule has 0 fully saturated rings. The molecule has 0 radical (unpaired) electrons. The number of aliphatic hydroxyl groups excluding tert-OH is 1. The lowest BCUT2D eigenvalue weighted by Crippen LogP contribution is -2.31. The van der Waals surface area contributed by atoms with Crippen LogP contribution in [0.25, 0.3) is 0 Å². The first kappa shape index (κ1) is 15.7. The second-order valence-electron chi connectivity index (χ2n) is 4.80.